The van der Waals surface area contributed by atoms with Crippen LogP contribution in [0, 0.1) is 5.92 Å². The number of ketones is 1. The summed E-state index contributed by atoms with van der Waals surface area (Å²) in [4.78, 5) is 22.8. The van der Waals surface area contributed by atoms with Gasteiger partial charge in [0.15, 0.2) is 5.78 Å². The third-order valence-corrected chi connectivity index (χ3v) is 5.10. The van der Waals surface area contributed by atoms with E-state index in [0.29, 0.717) is 36.7 Å². The van der Waals surface area contributed by atoms with Crippen molar-refractivity contribution in [2.24, 2.45) is 5.92 Å². The molecule has 2 aliphatic carbocycles. The second-order valence-corrected chi connectivity index (χ2v) is 7.05. The molecule has 5 heteroatoms. The van der Waals surface area contributed by atoms with Gasteiger partial charge in [-0.1, -0.05) is 25.3 Å². The molecule has 0 bridgehead atoms. The highest BCUT2D eigenvalue weighted by Gasteiger charge is 2.31. The van der Waals surface area contributed by atoms with Crippen LogP contribution >= 0.6 is 0 Å². The van der Waals surface area contributed by atoms with E-state index in [1.165, 1.54) is 32.1 Å². The van der Waals surface area contributed by atoms with Gasteiger partial charge in [-0.05, 0) is 42.9 Å². The van der Waals surface area contributed by atoms with Crippen LogP contribution in [0.15, 0.2) is 18.2 Å². The molecule has 0 heterocycles. The number of carboxylic acids is 1. The van der Waals surface area contributed by atoms with E-state index in [1.807, 2.05) is 12.1 Å². The van der Waals surface area contributed by atoms with Gasteiger partial charge in [-0.3, -0.25) is 9.59 Å². The van der Waals surface area contributed by atoms with Gasteiger partial charge >= 0.3 is 5.97 Å². The zero-order valence-electron chi connectivity index (χ0n) is 14.5. The van der Waals surface area contributed by atoms with Crippen molar-refractivity contribution in [3.63, 3.8) is 0 Å². The number of rotatable bonds is 8. The predicted octanol–water partition coefficient (Wildman–Crippen LogP) is 4.15. The molecule has 0 amide bonds. The minimum absolute atomic E-state index is 0.0843. The van der Waals surface area contributed by atoms with Gasteiger partial charge in [0.1, 0.15) is 5.75 Å². The fraction of sp³-hybridized carbons (Fsp3) is 0.600. The quantitative estimate of drug-likeness (QED) is 0.716. The first-order valence-corrected chi connectivity index (χ1v) is 9.27. The van der Waals surface area contributed by atoms with Crippen molar-refractivity contribution in [2.45, 2.75) is 57.5 Å². The summed E-state index contributed by atoms with van der Waals surface area (Å²) < 4.78 is 11.6. The number of hydrogen-bond donors (Lipinski definition) is 1. The standard InChI is InChI=1S/C20H26O5/c21-18-12-19(25-13-14-5-2-1-3-6-14)16-9-8-15(11-17(16)18)24-10-4-7-20(22)23/h8-9,11,14,19H,1-7,10,12-13H2,(H,22,23). The number of carbonyl (C=O) groups is 2. The third-order valence-electron chi connectivity index (χ3n) is 5.10. The zero-order chi connectivity index (χ0) is 17.6. The molecule has 0 aromatic heterocycles. The second kappa shape index (κ2) is 8.48. The summed E-state index contributed by atoms with van der Waals surface area (Å²) >= 11 is 0. The number of aliphatic carboxylic acids is 1. The molecule has 1 fully saturated rings. The Morgan fingerprint density at radius 3 is 2.76 bits per heavy atom. The minimum atomic E-state index is -0.828. The highest BCUT2D eigenvalue weighted by atomic mass is 16.5. The molecule has 0 radical (unpaired) electrons. The average Bonchev–Trinajstić information content (AvgIpc) is 2.93. The molecule has 1 aromatic rings. The van der Waals surface area contributed by atoms with E-state index in [4.69, 9.17) is 14.6 Å². The van der Waals surface area contributed by atoms with Crippen LogP contribution in [0.1, 0.15) is 73.4 Å². The average molecular weight is 346 g/mol. The highest BCUT2D eigenvalue weighted by Crippen LogP contribution is 2.37. The Morgan fingerprint density at radius 1 is 1.20 bits per heavy atom. The van der Waals surface area contributed by atoms with Crippen molar-refractivity contribution in [3.05, 3.63) is 29.3 Å². The van der Waals surface area contributed by atoms with E-state index in [-0.39, 0.29) is 18.3 Å². The van der Waals surface area contributed by atoms with Crippen molar-refractivity contribution in [3.8, 4) is 5.75 Å². The first-order chi connectivity index (χ1) is 12.1. The molecule has 5 nitrogen and oxygen atoms in total. The summed E-state index contributed by atoms with van der Waals surface area (Å²) in [5, 5.41) is 8.63. The number of fused-ring (bicyclic) bond motifs is 1. The van der Waals surface area contributed by atoms with Crippen LogP contribution in [0.4, 0.5) is 0 Å². The van der Waals surface area contributed by atoms with Crippen LogP contribution in [0.5, 0.6) is 5.75 Å². The predicted molar refractivity (Wildman–Crippen MR) is 93.0 cm³/mol. The van der Waals surface area contributed by atoms with E-state index >= 15 is 0 Å². The molecule has 1 unspecified atom stereocenters. The molecular formula is C20H26O5. The second-order valence-electron chi connectivity index (χ2n) is 7.05. The molecule has 136 valence electrons. The Labute approximate surface area is 148 Å². The van der Waals surface area contributed by atoms with Gasteiger partial charge in [0.25, 0.3) is 0 Å². The molecule has 1 N–H and O–H groups in total. The lowest BCUT2D eigenvalue weighted by Crippen LogP contribution is -2.15. The Hall–Kier alpha value is -1.88. The lowest BCUT2D eigenvalue weighted by molar-refractivity contribution is -0.137. The monoisotopic (exact) mass is 346 g/mol. The molecule has 25 heavy (non-hydrogen) atoms. The van der Waals surface area contributed by atoms with Crippen molar-refractivity contribution < 1.29 is 24.2 Å². The maximum absolute atomic E-state index is 12.3. The molecule has 1 saturated carbocycles. The Bertz CT molecular complexity index is 619. The van der Waals surface area contributed by atoms with Crippen LogP contribution in [-0.2, 0) is 9.53 Å². The topological polar surface area (TPSA) is 72.8 Å². The lowest BCUT2D eigenvalue weighted by atomic mass is 9.90. The maximum Gasteiger partial charge on any atom is 0.303 e. The van der Waals surface area contributed by atoms with Crippen molar-refractivity contribution in [2.75, 3.05) is 13.2 Å². The number of Topliss-reactive ketones (excluding diaryl/α,β-unsaturated/α-hetero) is 1. The van der Waals surface area contributed by atoms with Crippen LogP contribution < -0.4 is 4.74 Å². The van der Waals surface area contributed by atoms with E-state index in [2.05, 4.69) is 0 Å². The number of benzene rings is 1. The van der Waals surface area contributed by atoms with Gasteiger partial charge in [-0.25, -0.2) is 0 Å². The van der Waals surface area contributed by atoms with Gasteiger partial charge in [0.2, 0.25) is 0 Å². The smallest absolute Gasteiger partial charge is 0.303 e. The molecule has 0 saturated heterocycles. The molecule has 0 aliphatic heterocycles. The third kappa shape index (κ3) is 4.82. The summed E-state index contributed by atoms with van der Waals surface area (Å²) in [6, 6.07) is 5.52. The number of hydrogen-bond acceptors (Lipinski definition) is 4. The Morgan fingerprint density at radius 2 is 2.00 bits per heavy atom. The first kappa shape index (κ1) is 17.9. The zero-order valence-corrected chi connectivity index (χ0v) is 14.5. The van der Waals surface area contributed by atoms with Crippen molar-refractivity contribution in [1.82, 2.24) is 0 Å². The molecule has 3 rings (SSSR count). The molecule has 0 spiro atoms. The normalized spacial score (nSPS) is 20.5. The van der Waals surface area contributed by atoms with Crippen LogP contribution in [0.3, 0.4) is 0 Å². The highest BCUT2D eigenvalue weighted by molar-refractivity contribution is 6.01. The summed E-state index contributed by atoms with van der Waals surface area (Å²) in [6.07, 6.45) is 7.18. The summed E-state index contributed by atoms with van der Waals surface area (Å²) in [7, 11) is 0. The molecule has 2 aliphatic rings. The van der Waals surface area contributed by atoms with E-state index in [9.17, 15) is 9.59 Å². The minimum Gasteiger partial charge on any atom is -0.494 e. The SMILES string of the molecule is O=C(O)CCCOc1ccc2c(c1)C(=O)CC2OCC1CCCCC1. The summed E-state index contributed by atoms with van der Waals surface area (Å²) in [5.74, 6) is 0.514. The number of ether oxygens (including phenoxy) is 2. The van der Waals surface area contributed by atoms with Gasteiger partial charge in [-0.15, -0.1) is 0 Å². The van der Waals surface area contributed by atoms with Gasteiger partial charge in [0, 0.05) is 18.4 Å². The van der Waals surface area contributed by atoms with Crippen molar-refractivity contribution >= 4 is 11.8 Å². The van der Waals surface area contributed by atoms with E-state index < -0.39 is 5.97 Å². The molecular weight excluding hydrogens is 320 g/mol. The summed E-state index contributed by atoms with van der Waals surface area (Å²) in [5.41, 5.74) is 1.64. The summed E-state index contributed by atoms with van der Waals surface area (Å²) in [6.45, 7) is 1.08. The van der Waals surface area contributed by atoms with E-state index in [0.717, 1.165) is 12.2 Å². The largest absolute Gasteiger partial charge is 0.494 e. The number of carbonyl (C=O) groups excluding carboxylic acids is 1. The Kier molecular flexibility index (Phi) is 6.08. The fourth-order valence-electron chi connectivity index (χ4n) is 3.70. The van der Waals surface area contributed by atoms with Gasteiger partial charge in [0.05, 0.1) is 19.3 Å². The van der Waals surface area contributed by atoms with Gasteiger partial charge in [-0.2, -0.15) is 0 Å². The number of carboxylic acid groups (broad SMARTS) is 1. The Balaban J connectivity index is 1.55. The van der Waals surface area contributed by atoms with Crippen LogP contribution in [0.2, 0.25) is 0 Å². The van der Waals surface area contributed by atoms with Crippen LogP contribution in [-0.4, -0.2) is 30.1 Å². The van der Waals surface area contributed by atoms with Crippen molar-refractivity contribution in [1.29, 1.82) is 0 Å². The van der Waals surface area contributed by atoms with E-state index in [1.54, 1.807) is 6.07 Å². The van der Waals surface area contributed by atoms with Gasteiger partial charge < -0.3 is 14.6 Å². The fourth-order valence-corrected chi connectivity index (χ4v) is 3.70. The molecule has 1 atom stereocenters. The maximum atomic E-state index is 12.3. The van der Waals surface area contributed by atoms with Crippen LogP contribution in [0.25, 0.3) is 0 Å². The molecule has 1 aromatic carbocycles. The lowest BCUT2D eigenvalue weighted by Gasteiger charge is -2.23. The first-order valence-electron chi connectivity index (χ1n) is 9.27.